The topological polar surface area (TPSA) is 122 Å². The van der Waals surface area contributed by atoms with Crippen LogP contribution in [-0.4, -0.2) is 59.6 Å². The molecule has 2 aromatic heterocycles. The van der Waals surface area contributed by atoms with Crippen LogP contribution in [-0.2, 0) is 24.1 Å². The number of carbonyl (C=O) groups excluding carboxylic acids is 1. The van der Waals surface area contributed by atoms with Crippen LogP contribution in [0, 0.1) is 17.5 Å². The Kier molecular flexibility index (Phi) is 7.92. The lowest BCUT2D eigenvalue weighted by Gasteiger charge is -2.32. The van der Waals surface area contributed by atoms with Crippen LogP contribution < -0.4 is 10.2 Å². The molecule has 0 radical (unpaired) electrons. The molecule has 4 heterocycles. The monoisotopic (exact) mass is 608 g/mol. The zero-order valence-corrected chi connectivity index (χ0v) is 24.8. The maximum atomic E-state index is 15.6. The Balaban J connectivity index is 1.65. The van der Waals surface area contributed by atoms with Crippen LogP contribution in [0.5, 0.6) is 0 Å². The zero-order chi connectivity index (χ0) is 30.6. The first-order valence-corrected chi connectivity index (χ1v) is 15.4. The molecule has 0 bridgehead atoms. The maximum absolute atomic E-state index is 15.6. The van der Waals surface area contributed by atoms with Crippen molar-refractivity contribution >= 4 is 45.1 Å². The minimum absolute atomic E-state index is 0.137. The van der Waals surface area contributed by atoms with Gasteiger partial charge in [-0.1, -0.05) is 6.92 Å². The molecule has 0 amide bonds. The van der Waals surface area contributed by atoms with Gasteiger partial charge in [-0.15, -0.1) is 0 Å². The third kappa shape index (κ3) is 5.43. The second-order valence-corrected chi connectivity index (χ2v) is 13.3. The SMILES string of the molecule is CCCS(=O)(=O)Nc1c(F)cc(F)c(C(=O)c2nn(C3CCCCO3)c3ncc(B4OC(C)(C)C(C)(C)O4)cc23)c1F. The Hall–Kier alpha value is -3.01. The summed E-state index contributed by atoms with van der Waals surface area (Å²) in [5.74, 6) is -6.37. The third-order valence-electron chi connectivity index (χ3n) is 7.86. The molecule has 10 nitrogen and oxygen atoms in total. The summed E-state index contributed by atoms with van der Waals surface area (Å²) < 4.78 is 91.1. The maximum Gasteiger partial charge on any atom is 0.496 e. The highest BCUT2D eigenvalue weighted by Gasteiger charge is 2.52. The van der Waals surface area contributed by atoms with E-state index in [1.165, 1.54) is 10.9 Å². The number of fused-ring (bicyclic) bond motifs is 1. The van der Waals surface area contributed by atoms with Crippen molar-refractivity contribution in [2.45, 2.75) is 77.7 Å². The first-order chi connectivity index (χ1) is 19.7. The van der Waals surface area contributed by atoms with E-state index in [0.29, 0.717) is 18.5 Å². The van der Waals surface area contributed by atoms with Crippen molar-refractivity contribution in [1.82, 2.24) is 14.8 Å². The summed E-state index contributed by atoms with van der Waals surface area (Å²) in [5, 5.41) is 4.52. The molecule has 1 unspecified atom stereocenters. The van der Waals surface area contributed by atoms with Crippen molar-refractivity contribution in [2.75, 3.05) is 17.1 Å². The molecule has 1 aromatic carbocycles. The van der Waals surface area contributed by atoms with Crippen LogP contribution >= 0.6 is 0 Å². The molecule has 2 aliphatic heterocycles. The molecule has 42 heavy (non-hydrogen) atoms. The molecule has 1 atom stereocenters. The van der Waals surface area contributed by atoms with E-state index in [9.17, 15) is 17.6 Å². The highest BCUT2D eigenvalue weighted by atomic mass is 32.2. The highest BCUT2D eigenvalue weighted by molar-refractivity contribution is 7.92. The number of carbonyl (C=O) groups is 1. The van der Waals surface area contributed by atoms with Crippen LogP contribution in [0.2, 0.25) is 0 Å². The molecule has 2 fully saturated rings. The van der Waals surface area contributed by atoms with E-state index in [1.54, 1.807) is 17.7 Å². The van der Waals surface area contributed by atoms with Crippen LogP contribution in [0.3, 0.4) is 0 Å². The minimum atomic E-state index is -4.17. The summed E-state index contributed by atoms with van der Waals surface area (Å²) in [4.78, 5) is 18.3. The molecular formula is C27H32BF3N4O6S. The summed E-state index contributed by atoms with van der Waals surface area (Å²) in [6.07, 6.45) is 3.31. The fraction of sp³-hybridized carbons (Fsp3) is 0.519. The summed E-state index contributed by atoms with van der Waals surface area (Å²) >= 11 is 0. The normalized spacial score (nSPS) is 20.3. The molecule has 1 N–H and O–H groups in total. The lowest BCUT2D eigenvalue weighted by Crippen LogP contribution is -2.41. The van der Waals surface area contributed by atoms with E-state index >= 15 is 8.78 Å². The first kappa shape index (κ1) is 30.5. The van der Waals surface area contributed by atoms with Crippen molar-refractivity contribution in [3.05, 3.63) is 47.0 Å². The zero-order valence-electron chi connectivity index (χ0n) is 24.0. The lowest BCUT2D eigenvalue weighted by atomic mass is 9.80. The average molecular weight is 608 g/mol. The van der Waals surface area contributed by atoms with Gasteiger partial charge in [0.25, 0.3) is 0 Å². The van der Waals surface area contributed by atoms with E-state index in [2.05, 4.69) is 10.1 Å². The van der Waals surface area contributed by atoms with Gasteiger partial charge in [0.05, 0.1) is 27.9 Å². The number of halogens is 3. The highest BCUT2D eigenvalue weighted by Crippen LogP contribution is 2.37. The molecular weight excluding hydrogens is 576 g/mol. The van der Waals surface area contributed by atoms with Gasteiger partial charge >= 0.3 is 7.12 Å². The number of benzene rings is 1. The number of pyridine rings is 1. The lowest BCUT2D eigenvalue weighted by molar-refractivity contribution is -0.0371. The van der Waals surface area contributed by atoms with Crippen LogP contribution in [0.4, 0.5) is 18.9 Å². The van der Waals surface area contributed by atoms with E-state index in [4.69, 9.17) is 14.0 Å². The molecule has 0 aliphatic carbocycles. The molecule has 2 saturated heterocycles. The third-order valence-corrected chi connectivity index (χ3v) is 9.32. The largest absolute Gasteiger partial charge is 0.496 e. The summed E-state index contributed by atoms with van der Waals surface area (Å²) in [6, 6.07) is 1.81. The summed E-state index contributed by atoms with van der Waals surface area (Å²) in [5.41, 5.74) is -3.38. The van der Waals surface area contributed by atoms with Gasteiger partial charge in [-0.05, 0) is 59.4 Å². The second-order valence-electron chi connectivity index (χ2n) is 11.5. The van der Waals surface area contributed by atoms with Crippen LogP contribution in [0.15, 0.2) is 18.3 Å². The number of hydrogen-bond acceptors (Lipinski definition) is 8. The number of ether oxygens (including phenoxy) is 1. The number of nitrogens with zero attached hydrogens (tertiary/aromatic N) is 3. The average Bonchev–Trinajstić information content (AvgIpc) is 3.39. The Labute approximate surface area is 242 Å². The Morgan fingerprint density at radius 2 is 1.81 bits per heavy atom. The van der Waals surface area contributed by atoms with E-state index in [0.717, 1.165) is 12.8 Å². The van der Waals surface area contributed by atoms with Gasteiger partial charge in [0.1, 0.15) is 17.2 Å². The van der Waals surface area contributed by atoms with Gasteiger partial charge in [0.2, 0.25) is 15.8 Å². The molecule has 2 aliphatic rings. The summed E-state index contributed by atoms with van der Waals surface area (Å²) in [7, 11) is -5.03. The van der Waals surface area contributed by atoms with E-state index < -0.39 is 74.8 Å². The van der Waals surface area contributed by atoms with Crippen molar-refractivity contribution in [2.24, 2.45) is 0 Å². The van der Waals surface area contributed by atoms with Crippen LogP contribution in [0.1, 0.15) is 82.6 Å². The van der Waals surface area contributed by atoms with Gasteiger partial charge < -0.3 is 14.0 Å². The fourth-order valence-electron chi connectivity index (χ4n) is 4.92. The van der Waals surface area contributed by atoms with Gasteiger partial charge in [0.15, 0.2) is 23.5 Å². The van der Waals surface area contributed by atoms with Crippen molar-refractivity contribution in [3.63, 3.8) is 0 Å². The molecule has 226 valence electrons. The van der Waals surface area contributed by atoms with Gasteiger partial charge in [0, 0.05) is 24.3 Å². The smallest absolute Gasteiger partial charge is 0.399 e. The number of anilines is 1. The summed E-state index contributed by atoms with van der Waals surface area (Å²) in [6.45, 7) is 9.51. The van der Waals surface area contributed by atoms with Crippen molar-refractivity contribution in [1.29, 1.82) is 0 Å². The Morgan fingerprint density at radius 3 is 2.43 bits per heavy atom. The van der Waals surface area contributed by atoms with Crippen LogP contribution in [0.25, 0.3) is 11.0 Å². The molecule has 5 rings (SSSR count). The quantitative estimate of drug-likeness (QED) is 0.298. The predicted molar refractivity (Wildman–Crippen MR) is 150 cm³/mol. The Morgan fingerprint density at radius 1 is 1.12 bits per heavy atom. The van der Waals surface area contributed by atoms with E-state index in [1.807, 2.05) is 27.7 Å². The number of hydrogen-bond donors (Lipinski definition) is 1. The van der Waals surface area contributed by atoms with Crippen molar-refractivity contribution in [3.8, 4) is 0 Å². The van der Waals surface area contributed by atoms with Crippen molar-refractivity contribution < 1.29 is 40.4 Å². The standard InChI is InChI=1S/C27H32BF3N4O6S/c1-6-11-42(37,38)34-23-18(30)13-17(29)20(21(23)31)24(36)22-16-12-15(28-40-26(2,3)27(4,5)41-28)14-32-25(16)35(33-22)19-9-7-8-10-39-19/h12-14,19,34H,6-11H2,1-5H3. The number of rotatable bonds is 8. The fourth-order valence-corrected chi connectivity index (χ4v) is 6.06. The predicted octanol–water partition coefficient (Wildman–Crippen LogP) is 4.23. The molecule has 3 aromatic rings. The van der Waals surface area contributed by atoms with E-state index in [-0.39, 0.29) is 29.2 Å². The molecule has 15 heteroatoms. The van der Waals surface area contributed by atoms with Gasteiger partial charge in [-0.25, -0.2) is 31.3 Å². The molecule has 0 spiro atoms. The number of aromatic nitrogens is 3. The van der Waals surface area contributed by atoms with Gasteiger partial charge in [-0.2, -0.15) is 5.10 Å². The number of ketones is 1. The molecule has 0 saturated carbocycles. The first-order valence-electron chi connectivity index (χ1n) is 13.7. The number of sulfonamides is 1. The van der Waals surface area contributed by atoms with Gasteiger partial charge in [-0.3, -0.25) is 9.52 Å². The minimum Gasteiger partial charge on any atom is -0.399 e. The second kappa shape index (κ2) is 10.9. The number of nitrogens with one attached hydrogen (secondary N) is 1. The Bertz CT molecular complexity index is 1640.